The first kappa shape index (κ1) is 16.4. The number of carbonyl (C=O) groups is 1. The Kier molecular flexibility index (Phi) is 4.53. The Morgan fingerprint density at radius 1 is 1.33 bits per heavy atom. The number of aromatic nitrogens is 1. The molecule has 6 nitrogen and oxygen atoms in total. The summed E-state index contributed by atoms with van der Waals surface area (Å²) in [4.78, 5) is 18.4. The van der Waals surface area contributed by atoms with Crippen LogP contribution >= 0.6 is 0 Å². The van der Waals surface area contributed by atoms with Crippen molar-refractivity contribution in [3.8, 4) is 0 Å². The highest BCUT2D eigenvalue weighted by molar-refractivity contribution is 7.92. The van der Waals surface area contributed by atoms with Crippen LogP contribution in [0.5, 0.6) is 0 Å². The molecule has 0 bridgehead atoms. The third-order valence-corrected chi connectivity index (χ3v) is 5.31. The summed E-state index contributed by atoms with van der Waals surface area (Å²) in [6.07, 6.45) is 4.84. The molecule has 1 aromatic carbocycles. The summed E-state index contributed by atoms with van der Waals surface area (Å²) in [5, 5.41) is 0. The number of aryl methyl sites for hydroxylation is 1. The van der Waals surface area contributed by atoms with Crippen LogP contribution in [-0.4, -0.2) is 31.6 Å². The minimum Gasteiger partial charge on any atom is -0.308 e. The molecule has 3 rings (SSSR count). The number of benzene rings is 1. The first-order valence-electron chi connectivity index (χ1n) is 7.85. The zero-order chi connectivity index (χ0) is 17.2. The van der Waals surface area contributed by atoms with E-state index in [1.807, 2.05) is 6.07 Å². The fourth-order valence-corrected chi connectivity index (χ4v) is 3.40. The average molecular weight is 345 g/mol. The van der Waals surface area contributed by atoms with Gasteiger partial charge in [-0.25, -0.2) is 8.42 Å². The summed E-state index contributed by atoms with van der Waals surface area (Å²) in [5.41, 5.74) is 2.87. The highest BCUT2D eigenvalue weighted by Crippen LogP contribution is 2.31. The van der Waals surface area contributed by atoms with Gasteiger partial charge >= 0.3 is 0 Å². The Bertz CT molecular complexity index is 851. The van der Waals surface area contributed by atoms with E-state index in [4.69, 9.17) is 0 Å². The molecule has 126 valence electrons. The molecule has 1 amide bonds. The predicted molar refractivity (Wildman–Crippen MR) is 93.8 cm³/mol. The molecule has 1 aliphatic rings. The van der Waals surface area contributed by atoms with E-state index in [1.165, 1.54) is 0 Å². The van der Waals surface area contributed by atoms with Crippen molar-refractivity contribution in [3.63, 3.8) is 0 Å². The summed E-state index contributed by atoms with van der Waals surface area (Å²) in [6.45, 7) is 2.23. The van der Waals surface area contributed by atoms with Crippen LogP contribution in [0.15, 0.2) is 42.7 Å². The van der Waals surface area contributed by atoms with Crippen molar-refractivity contribution in [1.29, 1.82) is 0 Å². The number of nitrogens with zero attached hydrogens (tertiary/aromatic N) is 2. The SMILES string of the molecule is CCS(=O)(=O)Nc1ccc2c(c1)CCCN2C(=O)c1cccnc1. The van der Waals surface area contributed by atoms with Crippen LogP contribution in [0.1, 0.15) is 29.3 Å². The van der Waals surface area contributed by atoms with Gasteiger partial charge in [-0.05, 0) is 55.7 Å². The van der Waals surface area contributed by atoms with Crippen LogP contribution in [0, 0.1) is 0 Å². The number of fused-ring (bicyclic) bond motifs is 1. The number of hydrogen-bond donors (Lipinski definition) is 1. The number of amides is 1. The van der Waals surface area contributed by atoms with Crippen molar-refractivity contribution in [1.82, 2.24) is 4.98 Å². The van der Waals surface area contributed by atoms with Gasteiger partial charge in [0, 0.05) is 30.3 Å². The van der Waals surface area contributed by atoms with E-state index < -0.39 is 10.0 Å². The van der Waals surface area contributed by atoms with Gasteiger partial charge in [-0.1, -0.05) is 0 Å². The molecule has 2 aromatic rings. The van der Waals surface area contributed by atoms with Crippen LogP contribution in [0.3, 0.4) is 0 Å². The number of carbonyl (C=O) groups excluding carboxylic acids is 1. The lowest BCUT2D eigenvalue weighted by molar-refractivity contribution is 0.0984. The largest absolute Gasteiger partial charge is 0.308 e. The number of hydrogen-bond acceptors (Lipinski definition) is 4. The summed E-state index contributed by atoms with van der Waals surface area (Å²) in [5.74, 6) is -0.0682. The average Bonchev–Trinajstić information content (AvgIpc) is 2.61. The Labute approximate surface area is 141 Å². The van der Waals surface area contributed by atoms with Gasteiger partial charge in [0.1, 0.15) is 0 Å². The topological polar surface area (TPSA) is 79.4 Å². The van der Waals surface area contributed by atoms with Crippen LogP contribution < -0.4 is 9.62 Å². The molecule has 0 saturated heterocycles. The van der Waals surface area contributed by atoms with Gasteiger partial charge in [0.25, 0.3) is 5.91 Å². The van der Waals surface area contributed by atoms with Crippen molar-refractivity contribution in [2.75, 3.05) is 21.9 Å². The fraction of sp³-hybridized carbons (Fsp3) is 0.294. The second-order valence-electron chi connectivity index (χ2n) is 5.65. The predicted octanol–water partition coefficient (Wildman–Crippen LogP) is 2.44. The minimum atomic E-state index is -3.31. The summed E-state index contributed by atoms with van der Waals surface area (Å²) >= 11 is 0. The van der Waals surface area contributed by atoms with Crippen molar-refractivity contribution in [3.05, 3.63) is 53.9 Å². The van der Waals surface area contributed by atoms with Crippen LogP contribution in [0.4, 0.5) is 11.4 Å². The molecule has 0 unspecified atom stereocenters. The minimum absolute atomic E-state index is 0.0235. The third kappa shape index (κ3) is 3.41. The molecule has 1 N–H and O–H groups in total. The molecule has 0 aliphatic carbocycles. The summed E-state index contributed by atoms with van der Waals surface area (Å²) in [7, 11) is -3.31. The molecule has 0 saturated carbocycles. The first-order valence-corrected chi connectivity index (χ1v) is 9.51. The van der Waals surface area contributed by atoms with Gasteiger partial charge in [-0.2, -0.15) is 0 Å². The number of rotatable bonds is 4. The fourth-order valence-electron chi connectivity index (χ4n) is 2.77. The van der Waals surface area contributed by atoms with E-state index in [1.54, 1.807) is 48.5 Å². The lowest BCUT2D eigenvalue weighted by Gasteiger charge is -2.30. The highest BCUT2D eigenvalue weighted by atomic mass is 32.2. The van der Waals surface area contributed by atoms with E-state index in [-0.39, 0.29) is 11.7 Å². The molecule has 0 fully saturated rings. The first-order chi connectivity index (χ1) is 11.5. The van der Waals surface area contributed by atoms with E-state index in [0.717, 1.165) is 24.1 Å². The Hall–Kier alpha value is -2.41. The number of pyridine rings is 1. The molecule has 0 atom stereocenters. The molecule has 0 spiro atoms. The van der Waals surface area contributed by atoms with Crippen LogP contribution in [-0.2, 0) is 16.4 Å². The molecule has 0 radical (unpaired) electrons. The molecular weight excluding hydrogens is 326 g/mol. The van der Waals surface area contributed by atoms with Gasteiger partial charge in [0.2, 0.25) is 10.0 Å². The zero-order valence-corrected chi connectivity index (χ0v) is 14.2. The van der Waals surface area contributed by atoms with Gasteiger partial charge in [-0.15, -0.1) is 0 Å². The van der Waals surface area contributed by atoms with Crippen molar-refractivity contribution in [2.24, 2.45) is 0 Å². The summed E-state index contributed by atoms with van der Waals surface area (Å²) in [6, 6.07) is 8.79. The molecular formula is C17H19N3O3S. The second kappa shape index (κ2) is 6.60. The molecule has 24 heavy (non-hydrogen) atoms. The molecule has 2 heterocycles. The standard InChI is InChI=1S/C17H19N3O3S/c1-2-24(22,23)19-15-7-8-16-13(11-15)6-4-10-20(16)17(21)14-5-3-9-18-12-14/h3,5,7-9,11-12,19H,2,4,6,10H2,1H3. The van der Waals surface area contributed by atoms with Gasteiger partial charge in [-0.3, -0.25) is 14.5 Å². The smallest absolute Gasteiger partial charge is 0.259 e. The van der Waals surface area contributed by atoms with E-state index >= 15 is 0 Å². The molecule has 1 aromatic heterocycles. The molecule has 7 heteroatoms. The van der Waals surface area contributed by atoms with Crippen molar-refractivity contribution in [2.45, 2.75) is 19.8 Å². The van der Waals surface area contributed by atoms with Crippen molar-refractivity contribution < 1.29 is 13.2 Å². The van der Waals surface area contributed by atoms with Gasteiger partial charge in [0.15, 0.2) is 0 Å². The van der Waals surface area contributed by atoms with E-state index in [2.05, 4.69) is 9.71 Å². The Morgan fingerprint density at radius 3 is 2.88 bits per heavy atom. The molecule has 1 aliphatic heterocycles. The second-order valence-corrected chi connectivity index (χ2v) is 7.66. The maximum atomic E-state index is 12.7. The van der Waals surface area contributed by atoms with Crippen LogP contribution in [0.25, 0.3) is 0 Å². The quantitative estimate of drug-likeness (QED) is 0.923. The van der Waals surface area contributed by atoms with Gasteiger partial charge < -0.3 is 4.90 Å². The lowest BCUT2D eigenvalue weighted by atomic mass is 10.0. The van der Waals surface area contributed by atoms with E-state index in [9.17, 15) is 13.2 Å². The zero-order valence-electron chi connectivity index (χ0n) is 13.4. The number of sulfonamides is 1. The normalized spacial score (nSPS) is 14.1. The third-order valence-electron chi connectivity index (χ3n) is 4.01. The number of nitrogens with one attached hydrogen (secondary N) is 1. The highest BCUT2D eigenvalue weighted by Gasteiger charge is 2.24. The Morgan fingerprint density at radius 2 is 2.17 bits per heavy atom. The van der Waals surface area contributed by atoms with Gasteiger partial charge in [0.05, 0.1) is 11.3 Å². The summed E-state index contributed by atoms with van der Waals surface area (Å²) < 4.78 is 26.0. The van der Waals surface area contributed by atoms with E-state index in [0.29, 0.717) is 17.8 Å². The maximum Gasteiger partial charge on any atom is 0.259 e. The monoisotopic (exact) mass is 345 g/mol. The lowest BCUT2D eigenvalue weighted by Crippen LogP contribution is -2.35. The van der Waals surface area contributed by atoms with Crippen molar-refractivity contribution >= 4 is 27.3 Å². The number of anilines is 2. The van der Waals surface area contributed by atoms with Crippen LogP contribution in [0.2, 0.25) is 0 Å². The Balaban J connectivity index is 1.90. The maximum absolute atomic E-state index is 12.7.